The molecular weight excluding hydrogens is 300 g/mol. The topological polar surface area (TPSA) is 37.3 Å². The average Bonchev–Trinajstić information content (AvgIpc) is 3.10. The predicted octanol–water partition coefficient (Wildman–Crippen LogP) is 5.46. The Hall–Kier alpha value is -1.91. The summed E-state index contributed by atoms with van der Waals surface area (Å²) in [5, 5.41) is 11.3. The maximum Gasteiger partial charge on any atom is 0.335 e. The maximum absolute atomic E-state index is 11.2. The van der Waals surface area contributed by atoms with Gasteiger partial charge in [0.2, 0.25) is 0 Å². The number of aromatic carboxylic acids is 1. The lowest BCUT2D eigenvalue weighted by Gasteiger charge is -2.09. The van der Waals surface area contributed by atoms with Crippen LogP contribution < -0.4 is 0 Å². The number of thiophene rings is 2. The number of carboxylic acid groups (broad SMARTS) is 1. The molecular formula is C17H14O2S2. The van der Waals surface area contributed by atoms with Gasteiger partial charge in [-0.05, 0) is 60.2 Å². The molecule has 0 saturated carbocycles. The van der Waals surface area contributed by atoms with Crippen molar-refractivity contribution in [3.05, 3.63) is 58.5 Å². The van der Waals surface area contributed by atoms with Gasteiger partial charge in [0.1, 0.15) is 0 Å². The van der Waals surface area contributed by atoms with Gasteiger partial charge in [-0.1, -0.05) is 12.1 Å². The molecule has 0 aliphatic rings. The molecule has 0 spiro atoms. The normalized spacial score (nSPS) is 10.8. The Morgan fingerprint density at radius 1 is 0.952 bits per heavy atom. The van der Waals surface area contributed by atoms with Gasteiger partial charge in [-0.2, -0.15) is 0 Å². The minimum atomic E-state index is -0.868. The molecule has 0 fully saturated rings. The fourth-order valence-electron chi connectivity index (χ4n) is 2.35. The Kier molecular flexibility index (Phi) is 3.66. The lowest BCUT2D eigenvalue weighted by molar-refractivity contribution is 0.0696. The summed E-state index contributed by atoms with van der Waals surface area (Å²) >= 11 is 3.47. The molecule has 0 atom stereocenters. The van der Waals surface area contributed by atoms with Crippen LogP contribution >= 0.6 is 22.7 Å². The van der Waals surface area contributed by atoms with Gasteiger partial charge in [0.15, 0.2) is 0 Å². The van der Waals surface area contributed by atoms with Crippen molar-refractivity contribution in [3.8, 4) is 20.2 Å². The number of hydrogen-bond acceptors (Lipinski definition) is 3. The first kappa shape index (κ1) is 14.0. The zero-order chi connectivity index (χ0) is 15.0. The van der Waals surface area contributed by atoms with E-state index in [-0.39, 0.29) is 0 Å². The van der Waals surface area contributed by atoms with Crippen molar-refractivity contribution in [2.45, 2.75) is 13.8 Å². The van der Waals surface area contributed by atoms with Crippen LogP contribution in [0.4, 0.5) is 0 Å². The van der Waals surface area contributed by atoms with E-state index in [1.807, 2.05) is 19.9 Å². The molecule has 2 aromatic heterocycles. The van der Waals surface area contributed by atoms with Crippen molar-refractivity contribution in [2.24, 2.45) is 0 Å². The smallest absolute Gasteiger partial charge is 0.335 e. The van der Waals surface area contributed by atoms with Gasteiger partial charge in [-0.15, -0.1) is 22.7 Å². The van der Waals surface area contributed by atoms with E-state index >= 15 is 0 Å². The van der Waals surface area contributed by atoms with Gasteiger partial charge >= 0.3 is 5.97 Å². The van der Waals surface area contributed by atoms with Crippen LogP contribution in [-0.2, 0) is 0 Å². The quantitative estimate of drug-likeness (QED) is 0.697. The largest absolute Gasteiger partial charge is 0.478 e. The molecule has 0 aliphatic heterocycles. The summed E-state index contributed by atoms with van der Waals surface area (Å²) in [4.78, 5) is 14.9. The van der Waals surface area contributed by atoms with E-state index in [9.17, 15) is 9.90 Å². The molecule has 0 amide bonds. The molecule has 2 heterocycles. The summed E-state index contributed by atoms with van der Waals surface area (Å²) in [6, 6.07) is 12.0. The first-order chi connectivity index (χ1) is 10.1. The standard InChI is InChI=1S/C17H14O2S2/c1-10-11(2)13(17(18)19)6-5-12(10)14-7-8-16(21-14)15-4-3-9-20-15/h3-9H,1-2H3,(H,18,19). The summed E-state index contributed by atoms with van der Waals surface area (Å²) in [5.74, 6) is -0.868. The molecule has 3 rings (SSSR count). The van der Waals surface area contributed by atoms with Crippen LogP contribution in [0, 0.1) is 13.8 Å². The van der Waals surface area contributed by atoms with Gasteiger partial charge in [-0.25, -0.2) is 4.79 Å². The molecule has 2 nitrogen and oxygen atoms in total. The van der Waals surface area contributed by atoms with Crippen molar-refractivity contribution < 1.29 is 9.90 Å². The minimum Gasteiger partial charge on any atom is -0.478 e. The molecule has 4 heteroatoms. The molecule has 3 aromatic rings. The zero-order valence-corrected chi connectivity index (χ0v) is 13.3. The van der Waals surface area contributed by atoms with Crippen molar-refractivity contribution in [3.63, 3.8) is 0 Å². The SMILES string of the molecule is Cc1c(C(=O)O)ccc(-c2ccc(-c3cccs3)s2)c1C. The molecule has 0 bridgehead atoms. The first-order valence-electron chi connectivity index (χ1n) is 6.55. The second kappa shape index (κ2) is 5.47. The lowest BCUT2D eigenvalue weighted by Crippen LogP contribution is -2.01. The van der Waals surface area contributed by atoms with Crippen LogP contribution in [0.15, 0.2) is 41.8 Å². The third kappa shape index (κ3) is 2.52. The highest BCUT2D eigenvalue weighted by Gasteiger charge is 2.14. The van der Waals surface area contributed by atoms with E-state index in [1.165, 1.54) is 14.6 Å². The molecule has 1 N–H and O–H groups in total. The van der Waals surface area contributed by atoms with E-state index in [1.54, 1.807) is 28.7 Å². The van der Waals surface area contributed by atoms with Crippen molar-refractivity contribution >= 4 is 28.6 Å². The van der Waals surface area contributed by atoms with Crippen molar-refractivity contribution in [1.82, 2.24) is 0 Å². The highest BCUT2D eigenvalue weighted by atomic mass is 32.1. The monoisotopic (exact) mass is 314 g/mol. The zero-order valence-electron chi connectivity index (χ0n) is 11.7. The van der Waals surface area contributed by atoms with Crippen LogP contribution in [0.25, 0.3) is 20.2 Å². The summed E-state index contributed by atoms with van der Waals surface area (Å²) in [7, 11) is 0. The van der Waals surface area contributed by atoms with Crippen molar-refractivity contribution in [1.29, 1.82) is 0 Å². The Morgan fingerprint density at radius 2 is 1.71 bits per heavy atom. The van der Waals surface area contributed by atoms with E-state index in [0.29, 0.717) is 5.56 Å². The second-order valence-electron chi connectivity index (χ2n) is 4.86. The predicted molar refractivity (Wildman–Crippen MR) is 89.5 cm³/mol. The van der Waals surface area contributed by atoms with Crippen LogP contribution in [0.3, 0.4) is 0 Å². The number of rotatable bonds is 3. The maximum atomic E-state index is 11.2. The molecule has 1 aromatic carbocycles. The van der Waals surface area contributed by atoms with Crippen LogP contribution in [0.2, 0.25) is 0 Å². The fraction of sp³-hybridized carbons (Fsp3) is 0.118. The third-order valence-electron chi connectivity index (χ3n) is 3.65. The lowest BCUT2D eigenvalue weighted by atomic mass is 9.97. The highest BCUT2D eigenvalue weighted by Crippen LogP contribution is 2.38. The van der Waals surface area contributed by atoms with Gasteiger partial charge in [-0.3, -0.25) is 0 Å². The summed E-state index contributed by atoms with van der Waals surface area (Å²) in [6.07, 6.45) is 0. The molecule has 0 aliphatic carbocycles. The van der Waals surface area contributed by atoms with Gasteiger partial charge < -0.3 is 5.11 Å². The summed E-state index contributed by atoms with van der Waals surface area (Å²) in [5.41, 5.74) is 3.37. The van der Waals surface area contributed by atoms with Crippen LogP contribution in [0.5, 0.6) is 0 Å². The van der Waals surface area contributed by atoms with E-state index in [0.717, 1.165) is 16.7 Å². The van der Waals surface area contributed by atoms with Crippen LogP contribution in [0.1, 0.15) is 21.5 Å². The number of hydrogen-bond donors (Lipinski definition) is 1. The Morgan fingerprint density at radius 3 is 2.38 bits per heavy atom. The first-order valence-corrected chi connectivity index (χ1v) is 8.25. The van der Waals surface area contributed by atoms with E-state index < -0.39 is 5.97 Å². The molecule has 0 radical (unpaired) electrons. The van der Waals surface area contributed by atoms with Crippen molar-refractivity contribution in [2.75, 3.05) is 0 Å². The molecule has 106 valence electrons. The fourth-order valence-corrected chi connectivity index (χ4v) is 4.28. The Labute approximate surface area is 131 Å². The number of carboxylic acids is 1. The molecule has 0 saturated heterocycles. The van der Waals surface area contributed by atoms with Crippen LogP contribution in [-0.4, -0.2) is 11.1 Å². The third-order valence-corrected chi connectivity index (χ3v) is 5.84. The summed E-state index contributed by atoms with van der Waals surface area (Å²) < 4.78 is 0. The highest BCUT2D eigenvalue weighted by molar-refractivity contribution is 7.23. The molecule has 21 heavy (non-hydrogen) atoms. The van der Waals surface area contributed by atoms with E-state index in [2.05, 4.69) is 29.6 Å². The molecule has 0 unspecified atom stereocenters. The second-order valence-corrected chi connectivity index (χ2v) is 6.89. The van der Waals surface area contributed by atoms with Gasteiger partial charge in [0.25, 0.3) is 0 Å². The minimum absolute atomic E-state index is 0.381. The van der Waals surface area contributed by atoms with Gasteiger partial charge in [0, 0.05) is 14.6 Å². The Bertz CT molecular complexity index is 798. The number of benzene rings is 1. The average molecular weight is 314 g/mol. The Balaban J connectivity index is 2.06. The summed E-state index contributed by atoms with van der Waals surface area (Å²) in [6.45, 7) is 3.86. The number of carbonyl (C=O) groups is 1. The van der Waals surface area contributed by atoms with E-state index in [4.69, 9.17) is 0 Å². The van der Waals surface area contributed by atoms with Gasteiger partial charge in [0.05, 0.1) is 5.56 Å².